The van der Waals surface area contributed by atoms with Gasteiger partial charge in [0.1, 0.15) is 5.82 Å². The van der Waals surface area contributed by atoms with Gasteiger partial charge in [-0.3, -0.25) is 9.59 Å². The smallest absolute Gasteiger partial charge is 0.313 e. The zero-order valence-corrected chi connectivity index (χ0v) is 11.4. The molecule has 1 aliphatic heterocycles. The van der Waals surface area contributed by atoms with Crippen LogP contribution in [0.25, 0.3) is 0 Å². The number of nitrogens with one attached hydrogen (secondary N) is 1. The number of benzene rings is 1. The van der Waals surface area contributed by atoms with Crippen LogP contribution in [0.1, 0.15) is 13.8 Å². The number of nitrogens with zero attached hydrogens (tertiary/aromatic N) is 1. The molecule has 1 N–H and O–H groups in total. The van der Waals surface area contributed by atoms with Gasteiger partial charge in [-0.25, -0.2) is 4.39 Å². The van der Waals surface area contributed by atoms with E-state index in [1.54, 1.807) is 6.07 Å². The van der Waals surface area contributed by atoms with Gasteiger partial charge in [0.2, 0.25) is 0 Å². The maximum atomic E-state index is 13.4. The fraction of sp³-hybridized carbons (Fsp3) is 0.429. The van der Waals surface area contributed by atoms with Crippen LogP contribution in [0.2, 0.25) is 0 Å². The molecule has 0 spiro atoms. The van der Waals surface area contributed by atoms with Crippen molar-refractivity contribution in [1.29, 1.82) is 0 Å². The average Bonchev–Trinajstić information content (AvgIpc) is 2.39. The second kappa shape index (κ2) is 6.00. The molecule has 1 fully saturated rings. The number of hydrogen-bond donors (Lipinski definition) is 1. The zero-order chi connectivity index (χ0) is 14.7. The van der Waals surface area contributed by atoms with Crippen LogP contribution >= 0.6 is 0 Å². The van der Waals surface area contributed by atoms with Gasteiger partial charge >= 0.3 is 11.8 Å². The van der Waals surface area contributed by atoms with E-state index in [2.05, 4.69) is 5.32 Å². The highest BCUT2D eigenvalue weighted by molar-refractivity contribution is 6.39. The van der Waals surface area contributed by atoms with E-state index in [1.807, 2.05) is 13.8 Å². The highest BCUT2D eigenvalue weighted by Crippen LogP contribution is 2.14. The predicted molar refractivity (Wildman–Crippen MR) is 71.6 cm³/mol. The molecule has 0 saturated carbocycles. The molecule has 2 atom stereocenters. The molecule has 1 aromatic carbocycles. The molecular formula is C14H17FN2O3. The molecule has 0 bridgehead atoms. The van der Waals surface area contributed by atoms with E-state index in [1.165, 1.54) is 23.1 Å². The van der Waals surface area contributed by atoms with Gasteiger partial charge in [0.05, 0.1) is 17.9 Å². The number of hydrogen-bond acceptors (Lipinski definition) is 3. The van der Waals surface area contributed by atoms with Gasteiger partial charge in [-0.15, -0.1) is 0 Å². The summed E-state index contributed by atoms with van der Waals surface area (Å²) >= 11 is 0. The fourth-order valence-corrected chi connectivity index (χ4v) is 2.23. The van der Waals surface area contributed by atoms with Crippen LogP contribution in [0, 0.1) is 5.82 Å². The van der Waals surface area contributed by atoms with Crippen molar-refractivity contribution in [2.24, 2.45) is 0 Å². The van der Waals surface area contributed by atoms with E-state index in [0.29, 0.717) is 13.1 Å². The lowest BCUT2D eigenvalue weighted by molar-refractivity contribution is -0.151. The number of carbonyl (C=O) groups excluding carboxylic acids is 2. The van der Waals surface area contributed by atoms with Gasteiger partial charge in [-0.2, -0.15) is 0 Å². The van der Waals surface area contributed by atoms with Gasteiger partial charge in [0.15, 0.2) is 0 Å². The Hall–Kier alpha value is -1.95. The third kappa shape index (κ3) is 3.33. The number of ether oxygens (including phenoxy) is 1. The molecule has 1 aliphatic rings. The summed E-state index contributed by atoms with van der Waals surface area (Å²) in [6, 6.07) is 5.73. The summed E-state index contributed by atoms with van der Waals surface area (Å²) < 4.78 is 18.9. The Labute approximate surface area is 116 Å². The van der Waals surface area contributed by atoms with Crippen molar-refractivity contribution in [3.05, 3.63) is 30.1 Å². The van der Waals surface area contributed by atoms with Crippen molar-refractivity contribution in [2.45, 2.75) is 26.1 Å². The van der Waals surface area contributed by atoms with E-state index >= 15 is 0 Å². The molecule has 2 rings (SSSR count). The second-order valence-corrected chi connectivity index (χ2v) is 4.90. The highest BCUT2D eigenvalue weighted by Gasteiger charge is 2.29. The zero-order valence-electron chi connectivity index (χ0n) is 11.4. The van der Waals surface area contributed by atoms with Crippen LogP contribution in [0.15, 0.2) is 24.3 Å². The summed E-state index contributed by atoms with van der Waals surface area (Å²) in [7, 11) is 0. The Bertz CT molecular complexity index is 511. The average molecular weight is 280 g/mol. The normalized spacial score (nSPS) is 22.4. The number of para-hydroxylation sites is 1. The standard InChI is InChI=1S/C14H17FN2O3/c1-9-7-17(8-10(2)20-9)14(19)13(18)16-12-6-4-3-5-11(12)15/h3-6,9-10H,7-8H2,1-2H3,(H,16,18). The molecular weight excluding hydrogens is 263 g/mol. The molecule has 1 heterocycles. The maximum Gasteiger partial charge on any atom is 0.313 e. The molecule has 108 valence electrons. The van der Waals surface area contributed by atoms with Crippen molar-refractivity contribution in [2.75, 3.05) is 18.4 Å². The van der Waals surface area contributed by atoms with Gasteiger partial charge in [0, 0.05) is 13.1 Å². The summed E-state index contributed by atoms with van der Waals surface area (Å²) in [5.74, 6) is -2.08. The quantitative estimate of drug-likeness (QED) is 0.791. The summed E-state index contributed by atoms with van der Waals surface area (Å²) in [4.78, 5) is 25.3. The summed E-state index contributed by atoms with van der Waals surface area (Å²) in [6.07, 6.45) is -0.243. The second-order valence-electron chi connectivity index (χ2n) is 4.90. The fourth-order valence-electron chi connectivity index (χ4n) is 2.23. The minimum atomic E-state index is -0.837. The Morgan fingerprint density at radius 1 is 1.25 bits per heavy atom. The predicted octanol–water partition coefficient (Wildman–Crippen LogP) is 1.40. The third-order valence-corrected chi connectivity index (χ3v) is 3.02. The van der Waals surface area contributed by atoms with E-state index in [0.717, 1.165) is 0 Å². The van der Waals surface area contributed by atoms with Crippen molar-refractivity contribution >= 4 is 17.5 Å². The van der Waals surface area contributed by atoms with Gasteiger partial charge in [-0.05, 0) is 26.0 Å². The lowest BCUT2D eigenvalue weighted by atomic mass is 10.2. The maximum absolute atomic E-state index is 13.4. The number of rotatable bonds is 1. The van der Waals surface area contributed by atoms with E-state index in [9.17, 15) is 14.0 Å². The molecule has 0 radical (unpaired) electrons. The molecule has 1 aromatic rings. The minimum Gasteiger partial charge on any atom is -0.372 e. The molecule has 2 amide bonds. The number of morpholine rings is 1. The first-order valence-electron chi connectivity index (χ1n) is 6.47. The van der Waals surface area contributed by atoms with Gasteiger partial charge in [-0.1, -0.05) is 12.1 Å². The van der Waals surface area contributed by atoms with Crippen molar-refractivity contribution in [1.82, 2.24) is 4.90 Å². The first-order valence-corrected chi connectivity index (χ1v) is 6.47. The topological polar surface area (TPSA) is 58.6 Å². The number of anilines is 1. The molecule has 0 aromatic heterocycles. The van der Waals surface area contributed by atoms with Crippen LogP contribution in [0.3, 0.4) is 0 Å². The molecule has 5 nitrogen and oxygen atoms in total. The number of amides is 2. The van der Waals surface area contributed by atoms with Crippen LogP contribution in [0.5, 0.6) is 0 Å². The SMILES string of the molecule is CC1CN(C(=O)C(=O)Nc2ccccc2F)CC(C)O1. The third-order valence-electron chi connectivity index (χ3n) is 3.02. The van der Waals surface area contributed by atoms with Crippen LogP contribution < -0.4 is 5.32 Å². The molecule has 0 aliphatic carbocycles. The van der Waals surface area contributed by atoms with E-state index < -0.39 is 17.6 Å². The summed E-state index contributed by atoms with van der Waals surface area (Å²) in [6.45, 7) is 4.39. The Kier molecular flexibility index (Phi) is 4.34. The lowest BCUT2D eigenvalue weighted by Gasteiger charge is -2.34. The van der Waals surface area contributed by atoms with Crippen molar-refractivity contribution in [3.8, 4) is 0 Å². The minimum absolute atomic E-state index is 0.000191. The summed E-state index contributed by atoms with van der Waals surface area (Å²) in [5, 5.41) is 2.29. The molecule has 2 unspecified atom stereocenters. The Balaban J connectivity index is 2.02. The first kappa shape index (κ1) is 14.5. The molecule has 1 saturated heterocycles. The lowest BCUT2D eigenvalue weighted by Crippen LogP contribution is -2.51. The van der Waals surface area contributed by atoms with E-state index in [-0.39, 0.29) is 17.9 Å². The van der Waals surface area contributed by atoms with Crippen LogP contribution in [-0.4, -0.2) is 42.0 Å². The van der Waals surface area contributed by atoms with Gasteiger partial charge < -0.3 is 15.0 Å². The van der Waals surface area contributed by atoms with Crippen molar-refractivity contribution < 1.29 is 18.7 Å². The summed E-state index contributed by atoms with van der Waals surface area (Å²) in [5.41, 5.74) is 0.000191. The molecule has 6 heteroatoms. The number of carbonyl (C=O) groups is 2. The van der Waals surface area contributed by atoms with Crippen LogP contribution in [0.4, 0.5) is 10.1 Å². The van der Waals surface area contributed by atoms with Gasteiger partial charge in [0.25, 0.3) is 0 Å². The first-order chi connectivity index (χ1) is 9.47. The van der Waals surface area contributed by atoms with Crippen LogP contribution in [-0.2, 0) is 14.3 Å². The van der Waals surface area contributed by atoms with Crippen molar-refractivity contribution in [3.63, 3.8) is 0 Å². The molecule has 20 heavy (non-hydrogen) atoms. The Morgan fingerprint density at radius 3 is 2.45 bits per heavy atom. The Morgan fingerprint density at radius 2 is 1.85 bits per heavy atom. The largest absolute Gasteiger partial charge is 0.372 e. The van der Waals surface area contributed by atoms with E-state index in [4.69, 9.17) is 4.74 Å². The monoisotopic (exact) mass is 280 g/mol. The highest BCUT2D eigenvalue weighted by atomic mass is 19.1. The number of halogens is 1.